The van der Waals surface area contributed by atoms with Crippen molar-refractivity contribution in [3.8, 4) is 6.07 Å². The summed E-state index contributed by atoms with van der Waals surface area (Å²) in [6.07, 6.45) is 1.47. The summed E-state index contributed by atoms with van der Waals surface area (Å²) in [5.74, 6) is 1.12. The molecule has 0 unspecified atom stereocenters. The lowest BCUT2D eigenvalue weighted by molar-refractivity contribution is 0.607. The van der Waals surface area contributed by atoms with Crippen LogP contribution in [0, 0.1) is 16.7 Å². The summed E-state index contributed by atoms with van der Waals surface area (Å²) in [6, 6.07) is 14.6. The number of hydrogen-bond donors (Lipinski definition) is 1. The van der Waals surface area contributed by atoms with E-state index in [1.54, 1.807) is 6.07 Å². The maximum absolute atomic E-state index is 8.90. The van der Waals surface area contributed by atoms with Crippen LogP contribution in [-0.4, -0.2) is 16.2 Å². The fourth-order valence-corrected chi connectivity index (χ4v) is 2.85. The number of benzene rings is 1. The van der Waals surface area contributed by atoms with Crippen LogP contribution >= 0.6 is 0 Å². The van der Waals surface area contributed by atoms with Gasteiger partial charge in [-0.25, -0.2) is 0 Å². The first-order valence-corrected chi connectivity index (χ1v) is 6.67. The highest BCUT2D eigenvalue weighted by molar-refractivity contribution is 5.47. The molecule has 1 aliphatic rings. The van der Waals surface area contributed by atoms with Crippen molar-refractivity contribution in [3.63, 3.8) is 0 Å². The molecule has 2 aromatic rings. The van der Waals surface area contributed by atoms with Gasteiger partial charge in [0, 0.05) is 18.0 Å². The number of hydrogen-bond acceptors (Lipinski definition) is 4. The molecule has 0 bridgehead atoms. The molecule has 1 N–H and O–H groups in total. The second kappa shape index (κ2) is 4.61. The third-order valence-corrected chi connectivity index (χ3v) is 4.07. The Bertz CT molecular complexity index is 658. The van der Waals surface area contributed by atoms with Gasteiger partial charge in [0.05, 0.1) is 11.8 Å². The summed E-state index contributed by atoms with van der Waals surface area (Å²) in [5.41, 5.74) is 2.03. The number of aromatic nitrogens is 2. The van der Waals surface area contributed by atoms with Crippen molar-refractivity contribution in [3.05, 3.63) is 53.7 Å². The molecule has 20 heavy (non-hydrogen) atoms. The monoisotopic (exact) mass is 264 g/mol. The van der Waals surface area contributed by atoms with Gasteiger partial charge in [-0.05, 0) is 11.0 Å². The number of nitriles is 1. The zero-order valence-corrected chi connectivity index (χ0v) is 11.5. The molecule has 0 aliphatic heterocycles. The predicted octanol–water partition coefficient (Wildman–Crippen LogP) is 2.95. The molecule has 4 nitrogen and oxygen atoms in total. The highest BCUT2D eigenvalue weighted by Gasteiger charge is 2.58. The molecule has 0 amide bonds. The lowest BCUT2D eigenvalue weighted by atomic mass is 10.0. The Hall–Kier alpha value is -2.41. The fourth-order valence-electron chi connectivity index (χ4n) is 2.85. The van der Waals surface area contributed by atoms with Gasteiger partial charge in [0.2, 0.25) is 0 Å². The second-order valence-electron chi connectivity index (χ2n) is 5.77. The van der Waals surface area contributed by atoms with E-state index in [9.17, 15) is 0 Å². The van der Waals surface area contributed by atoms with Crippen molar-refractivity contribution >= 4 is 5.82 Å². The zero-order valence-electron chi connectivity index (χ0n) is 11.5. The van der Waals surface area contributed by atoms with E-state index in [-0.39, 0.29) is 5.41 Å². The highest BCUT2D eigenvalue weighted by Crippen LogP contribution is 2.59. The van der Waals surface area contributed by atoms with Gasteiger partial charge in [-0.2, -0.15) is 10.4 Å². The summed E-state index contributed by atoms with van der Waals surface area (Å²) in [4.78, 5) is 0. The van der Waals surface area contributed by atoms with Crippen LogP contribution in [0.15, 0.2) is 42.6 Å². The van der Waals surface area contributed by atoms with Crippen LogP contribution in [0.25, 0.3) is 0 Å². The molecule has 1 fully saturated rings. The van der Waals surface area contributed by atoms with Crippen LogP contribution in [0.5, 0.6) is 0 Å². The number of nitrogens with one attached hydrogen (secondary N) is 1. The van der Waals surface area contributed by atoms with Crippen molar-refractivity contribution < 1.29 is 0 Å². The Balaban J connectivity index is 1.80. The number of nitrogens with zero attached hydrogens (tertiary/aromatic N) is 3. The lowest BCUT2D eigenvalue weighted by Crippen LogP contribution is -2.10. The number of rotatable bonds is 3. The number of anilines is 1. The maximum Gasteiger partial charge on any atom is 0.150 e. The van der Waals surface area contributed by atoms with Gasteiger partial charge in [-0.3, -0.25) is 0 Å². The quantitative estimate of drug-likeness (QED) is 0.925. The van der Waals surface area contributed by atoms with E-state index in [1.807, 2.05) is 6.07 Å². The zero-order chi connectivity index (χ0) is 14.2. The molecule has 1 saturated carbocycles. The fraction of sp³-hybridized carbons (Fsp3) is 0.312. The van der Waals surface area contributed by atoms with E-state index in [0.717, 1.165) is 0 Å². The molecule has 0 radical (unpaired) electrons. The van der Waals surface area contributed by atoms with Crippen molar-refractivity contribution in [2.75, 3.05) is 5.32 Å². The Labute approximate surface area is 118 Å². The van der Waals surface area contributed by atoms with Crippen molar-refractivity contribution in [2.45, 2.75) is 25.8 Å². The summed E-state index contributed by atoms with van der Waals surface area (Å²) < 4.78 is 0. The van der Waals surface area contributed by atoms with Crippen molar-refractivity contribution in [2.24, 2.45) is 5.41 Å². The highest BCUT2D eigenvalue weighted by atomic mass is 15.2. The summed E-state index contributed by atoms with van der Waals surface area (Å²) in [7, 11) is 0. The first-order valence-electron chi connectivity index (χ1n) is 6.67. The molecule has 1 aromatic heterocycles. The van der Waals surface area contributed by atoms with E-state index < -0.39 is 0 Å². The van der Waals surface area contributed by atoms with Crippen LogP contribution in [0.3, 0.4) is 0 Å². The van der Waals surface area contributed by atoms with Gasteiger partial charge in [0.25, 0.3) is 0 Å². The minimum atomic E-state index is 0.172. The first-order chi connectivity index (χ1) is 9.63. The van der Waals surface area contributed by atoms with Gasteiger partial charge in [-0.15, -0.1) is 5.10 Å². The van der Waals surface area contributed by atoms with E-state index in [4.69, 9.17) is 5.26 Å². The normalized spacial score (nSPS) is 22.9. The van der Waals surface area contributed by atoms with Gasteiger partial charge < -0.3 is 5.32 Å². The average molecular weight is 264 g/mol. The van der Waals surface area contributed by atoms with Crippen LogP contribution in [-0.2, 0) is 0 Å². The molecular weight excluding hydrogens is 248 g/mol. The Morgan fingerprint density at radius 2 is 2.00 bits per heavy atom. The van der Waals surface area contributed by atoms with E-state index in [2.05, 4.69) is 59.7 Å². The Kier molecular flexibility index (Phi) is 2.90. The second-order valence-corrected chi connectivity index (χ2v) is 5.77. The molecule has 100 valence electrons. The van der Waals surface area contributed by atoms with Crippen LogP contribution in [0.1, 0.15) is 30.9 Å². The lowest BCUT2D eigenvalue weighted by Gasteiger charge is -2.05. The van der Waals surface area contributed by atoms with Crippen LogP contribution in [0.4, 0.5) is 5.82 Å². The van der Waals surface area contributed by atoms with E-state index in [0.29, 0.717) is 23.3 Å². The smallest absolute Gasteiger partial charge is 0.150 e. The standard InChI is InChI=1S/C16H16N4/c1-16(2)14(12-6-4-3-5-7-12)15(16)19-13-8-11(9-17)10-18-20-13/h3-8,10,14-15H,1-2H3,(H,19,20)/t14-,15-/m0/s1. The molecule has 1 heterocycles. The van der Waals surface area contributed by atoms with Crippen LogP contribution in [0.2, 0.25) is 0 Å². The van der Waals surface area contributed by atoms with Crippen LogP contribution < -0.4 is 5.32 Å². The summed E-state index contributed by atoms with van der Waals surface area (Å²) >= 11 is 0. The largest absolute Gasteiger partial charge is 0.365 e. The maximum atomic E-state index is 8.90. The molecule has 3 rings (SSSR count). The van der Waals surface area contributed by atoms with Gasteiger partial charge in [-0.1, -0.05) is 44.2 Å². The average Bonchev–Trinajstić information content (AvgIpc) is 3.01. The molecular formula is C16H16N4. The summed E-state index contributed by atoms with van der Waals surface area (Å²) in [6.45, 7) is 4.48. The van der Waals surface area contributed by atoms with Crippen molar-refractivity contribution in [1.29, 1.82) is 5.26 Å². The SMILES string of the molecule is CC1(C)[C@@H](Nc2cc(C#N)cnn2)[C@@H]1c1ccccc1. The minimum absolute atomic E-state index is 0.172. The Morgan fingerprint density at radius 3 is 2.70 bits per heavy atom. The van der Waals surface area contributed by atoms with Crippen molar-refractivity contribution in [1.82, 2.24) is 10.2 Å². The molecule has 4 heteroatoms. The topological polar surface area (TPSA) is 61.6 Å². The molecule has 0 saturated heterocycles. The first kappa shape index (κ1) is 12.6. The molecule has 1 aliphatic carbocycles. The van der Waals surface area contributed by atoms with Gasteiger partial charge in [0.1, 0.15) is 11.9 Å². The van der Waals surface area contributed by atoms with Gasteiger partial charge in [0.15, 0.2) is 0 Å². The summed E-state index contributed by atoms with van der Waals surface area (Å²) in [5, 5.41) is 20.2. The van der Waals surface area contributed by atoms with Gasteiger partial charge >= 0.3 is 0 Å². The molecule has 0 spiro atoms. The third kappa shape index (κ3) is 2.12. The Morgan fingerprint density at radius 1 is 1.25 bits per heavy atom. The van der Waals surface area contributed by atoms with E-state index >= 15 is 0 Å². The minimum Gasteiger partial charge on any atom is -0.365 e. The predicted molar refractivity (Wildman–Crippen MR) is 77.1 cm³/mol. The molecule has 2 atom stereocenters. The third-order valence-electron chi connectivity index (χ3n) is 4.07. The van der Waals surface area contributed by atoms with E-state index in [1.165, 1.54) is 11.8 Å². The molecule has 1 aromatic carbocycles.